The normalized spacial score (nSPS) is 14.9. The first kappa shape index (κ1) is 80.9. The molecule has 1 unspecified atom stereocenters. The number of amides is 11. The Bertz CT molecular complexity index is 3100. The summed E-state index contributed by atoms with van der Waals surface area (Å²) in [6.07, 6.45) is -5.17. The number of rotatable bonds is 41. The Morgan fingerprint density at radius 1 is 0.547 bits per heavy atom. The molecule has 524 valence electrons. The predicted molar refractivity (Wildman–Crippen MR) is 328 cm³/mol. The number of hydrogen-bond donors (Lipinski definition) is 20. The summed E-state index contributed by atoms with van der Waals surface area (Å²) in [5, 5.41) is 84.8. The van der Waals surface area contributed by atoms with Crippen molar-refractivity contribution in [2.45, 2.75) is 159 Å². The zero-order valence-corrected chi connectivity index (χ0v) is 53.3. The molecule has 0 fully saturated rings. The Balaban J connectivity index is 2.46. The molecule has 0 aliphatic heterocycles. The van der Waals surface area contributed by atoms with Crippen LogP contribution in [0.5, 0.6) is 11.5 Å². The molecule has 2 aromatic rings. The lowest BCUT2D eigenvalue weighted by Gasteiger charge is -2.28. The third kappa shape index (κ3) is 30.4. The molecule has 2 rings (SSSR count). The fourth-order valence-corrected chi connectivity index (χ4v) is 8.68. The van der Waals surface area contributed by atoms with Crippen LogP contribution in [0.4, 0.5) is 0 Å². The number of carbonyl (C=O) groups is 14. The first-order valence-electron chi connectivity index (χ1n) is 29.2. The van der Waals surface area contributed by atoms with E-state index in [1.165, 1.54) is 55.5 Å². The van der Waals surface area contributed by atoms with E-state index in [0.717, 1.165) is 20.8 Å². The van der Waals surface area contributed by atoms with E-state index in [1.807, 2.05) is 10.6 Å². The van der Waals surface area contributed by atoms with Gasteiger partial charge in [-0.3, -0.25) is 71.8 Å². The first-order chi connectivity index (χ1) is 44.4. The average Bonchev–Trinajstić information content (AvgIpc) is 0.915. The molecule has 0 saturated carbocycles. The molecular weight excluding hydrogens is 1280 g/mol. The Kier molecular flexibility index (Phi) is 34.1. The van der Waals surface area contributed by atoms with Gasteiger partial charge in [-0.1, -0.05) is 38.1 Å². The van der Waals surface area contributed by atoms with Gasteiger partial charge in [0.2, 0.25) is 65.0 Å². The third-order valence-electron chi connectivity index (χ3n) is 13.3. The van der Waals surface area contributed by atoms with Crippen LogP contribution in [-0.2, 0) is 84.5 Å². The number of nitrogens with two attached hydrogens (primary N) is 3. The highest BCUT2D eigenvalue weighted by molar-refractivity contribution is 7.31. The van der Waals surface area contributed by atoms with E-state index in [4.69, 9.17) is 17.2 Å². The van der Waals surface area contributed by atoms with Gasteiger partial charge in [-0.15, -0.1) is 0 Å². The number of nitrogens with zero attached hydrogens (tertiary/aromatic N) is 1. The highest BCUT2D eigenvalue weighted by Crippen LogP contribution is 2.21. The number of aliphatic carboxylic acids is 3. The van der Waals surface area contributed by atoms with Crippen LogP contribution in [0.3, 0.4) is 0 Å². The molecule has 0 radical (unpaired) electrons. The van der Waals surface area contributed by atoms with Crippen LogP contribution >= 0.6 is 8.25 Å². The van der Waals surface area contributed by atoms with Crippen molar-refractivity contribution in [1.82, 2.24) is 58.5 Å². The minimum Gasteiger partial charge on any atom is -0.558 e. The van der Waals surface area contributed by atoms with Crippen molar-refractivity contribution < 1.29 is 112 Å². The molecule has 23 N–H and O–H groups in total. The molecule has 39 heteroatoms. The van der Waals surface area contributed by atoms with Gasteiger partial charge in [0.05, 0.1) is 38.1 Å². The van der Waals surface area contributed by atoms with Gasteiger partial charge in [-0.2, -0.15) is 0 Å². The van der Waals surface area contributed by atoms with Crippen molar-refractivity contribution in [3.8, 4) is 11.5 Å². The van der Waals surface area contributed by atoms with Crippen LogP contribution in [0, 0.1) is 5.92 Å². The van der Waals surface area contributed by atoms with E-state index in [0.29, 0.717) is 0 Å². The lowest BCUT2D eigenvalue weighted by Crippen LogP contribution is -2.62. The number of guanidine groups is 1. The number of aliphatic hydroxyl groups is 2. The molecule has 0 spiro atoms. The number of nitrogens with one attached hydrogen (secondary N) is 11. The van der Waals surface area contributed by atoms with Crippen LogP contribution in [0.2, 0.25) is 0 Å². The number of aliphatic imine (C=N–C) groups is 1. The van der Waals surface area contributed by atoms with E-state index < -0.39 is 203 Å². The highest BCUT2D eigenvalue weighted by Gasteiger charge is 2.37. The number of aliphatic hydroxyl groups excluding tert-OH is 2. The molecule has 13 atom stereocenters. The van der Waals surface area contributed by atoms with Crippen molar-refractivity contribution in [1.29, 1.82) is 0 Å². The monoisotopic (exact) mass is 1360 g/mol. The number of carbonyl (C=O) groups excluding carboxylic acids is 11. The number of carboxylic acid groups (broad SMARTS) is 3. The second-order valence-corrected chi connectivity index (χ2v) is 22.6. The lowest BCUT2D eigenvalue weighted by molar-refractivity contribution is -0.178. The molecule has 0 bridgehead atoms. The van der Waals surface area contributed by atoms with E-state index >= 15 is 0 Å². The summed E-state index contributed by atoms with van der Waals surface area (Å²) in [7, 11) is -3.38. The Morgan fingerprint density at radius 3 is 1.43 bits per heavy atom. The quantitative estimate of drug-likeness (QED) is 0.0127. The summed E-state index contributed by atoms with van der Waals surface area (Å²) in [5.41, 5.74) is 16.6. The van der Waals surface area contributed by atoms with Gasteiger partial charge < -0.3 is 111 Å². The van der Waals surface area contributed by atoms with Gasteiger partial charge in [-0.25, -0.2) is 4.79 Å². The second kappa shape index (κ2) is 40.1. The molecule has 0 saturated heterocycles. The molecule has 0 aliphatic rings. The van der Waals surface area contributed by atoms with Crippen LogP contribution in [0.25, 0.3) is 0 Å². The maximum absolute atomic E-state index is 14.5. The Hall–Kier alpha value is -10.2. The second-order valence-electron chi connectivity index (χ2n) is 22.0. The first-order valence-corrected chi connectivity index (χ1v) is 30.3. The van der Waals surface area contributed by atoms with Crippen LogP contribution in [0.15, 0.2) is 53.5 Å². The topological polar surface area (TPSA) is 632 Å². The number of phenols is 1. The molecule has 0 aliphatic carbocycles. The Labute approximate surface area is 543 Å². The van der Waals surface area contributed by atoms with Gasteiger partial charge in [-0.05, 0) is 92.8 Å². The Morgan fingerprint density at radius 2 is 0.979 bits per heavy atom. The maximum Gasteiger partial charge on any atom is 0.539 e. The van der Waals surface area contributed by atoms with Crippen LogP contribution in [0.1, 0.15) is 84.8 Å². The number of carboxylic acids is 3. The summed E-state index contributed by atoms with van der Waals surface area (Å²) in [6.45, 7) is 6.20. The fraction of sp³-hybridized carbons (Fsp3) is 0.518. The zero-order valence-electron chi connectivity index (χ0n) is 52.4. The minimum absolute atomic E-state index is 0.0208. The molecule has 2 aromatic carbocycles. The van der Waals surface area contributed by atoms with Gasteiger partial charge in [0.15, 0.2) is 11.7 Å². The number of phenolic OH excluding ortho intramolecular Hbond substituents is 1. The largest absolute Gasteiger partial charge is 0.558 e. The van der Waals surface area contributed by atoms with Gasteiger partial charge in [0, 0.05) is 19.4 Å². The summed E-state index contributed by atoms with van der Waals surface area (Å²) in [6, 6.07) is -8.79. The summed E-state index contributed by atoms with van der Waals surface area (Å²) >= 11 is 0. The molecule has 11 amide bonds. The maximum atomic E-state index is 14.5. The number of benzene rings is 2. The SMILES string of the molecule is CC(C)C[C@H](NC(=O)[C@H](C)N)C(=O)NCC(=O)N[C@@H](C)C(=O)N[C@@H](CC(=O)O)C(=O)N[C@@H](CC(=O)O)C(=O)N[C@@H](CO)C(=O)N[C@@H](Cc1ccc(O)cc1)C(=O)N[C@@H](Cc1ccc(O[P+](=O)[O-])cc1)C(=O)N[C@H](C(=O)N[C@@H](C)C(=O)N[C@@H](CCCN=C(N)N)C(=O)O)[C@@H](C)O. The minimum atomic E-state index is -3.38. The van der Waals surface area contributed by atoms with Crippen molar-refractivity contribution in [2.24, 2.45) is 28.1 Å². The van der Waals surface area contributed by atoms with E-state index in [1.54, 1.807) is 13.8 Å². The molecule has 0 aromatic heterocycles. The summed E-state index contributed by atoms with van der Waals surface area (Å²) in [5.74, 6) is -18.4. The lowest BCUT2D eigenvalue weighted by atomic mass is 10.0. The van der Waals surface area contributed by atoms with Crippen LogP contribution < -0.4 is 85.1 Å². The van der Waals surface area contributed by atoms with E-state index in [9.17, 15) is 107 Å². The standard InChI is InChI=1S/C56H82N15O23P/c1-25(2)18-35(65-45(80)26(3)57)48(83)61-23-41(75)62-27(4)46(81)66-38(21-42(76)77)50(85)69-39(22-43(78)79)51(86)70-40(24-72)53(88)68-36(19-30-9-13-32(74)14-10-30)49(84)67-37(20-31-11-15-33(16-12-31)94-95(92)93)52(87)71-44(29(6)73)54(89)63-28(5)47(82)64-34(55(90)91)8-7-17-60-56(58)59/h9-16,25-29,34-40,44,72-74H,7-8,17-24,57H2,1-6H3,(H,61,83)(H,62,75)(H,63,89)(H,64,82)(H,65,80)(H,66,81)(H,67,84)(H,68,88)(H,69,85)(H,70,86)(H,71,87)(H,76,77)(H,78,79)(H,90,91)(H4,58,59,60)/t26-,27-,28-,29+,34-,35-,36-,37-,38-,39-,40-,44-/m0/s1. The number of hydrogen-bond acceptors (Lipinski definition) is 22. The molecular formula is C56H82N15O23P. The summed E-state index contributed by atoms with van der Waals surface area (Å²) in [4.78, 5) is 199. The van der Waals surface area contributed by atoms with Crippen molar-refractivity contribution in [3.63, 3.8) is 0 Å². The molecule has 95 heavy (non-hydrogen) atoms. The zero-order chi connectivity index (χ0) is 72.0. The van der Waals surface area contributed by atoms with Gasteiger partial charge in [0.25, 0.3) is 0 Å². The van der Waals surface area contributed by atoms with Gasteiger partial charge >= 0.3 is 26.2 Å². The highest BCUT2D eigenvalue weighted by atomic mass is 31.1. The van der Waals surface area contributed by atoms with E-state index in [2.05, 4.69) is 57.4 Å². The number of aromatic hydroxyl groups is 1. The fourth-order valence-electron chi connectivity index (χ4n) is 8.38. The van der Waals surface area contributed by atoms with E-state index in [-0.39, 0.29) is 60.3 Å². The predicted octanol–water partition coefficient (Wildman–Crippen LogP) is -7.57. The van der Waals surface area contributed by atoms with Crippen LogP contribution in [-0.4, -0.2) is 212 Å². The third-order valence-corrected chi connectivity index (χ3v) is 13.7. The molecule has 38 nitrogen and oxygen atoms in total. The summed E-state index contributed by atoms with van der Waals surface area (Å²) < 4.78 is 15.9. The molecule has 0 heterocycles. The van der Waals surface area contributed by atoms with Crippen molar-refractivity contribution in [3.05, 3.63) is 59.7 Å². The smallest absolute Gasteiger partial charge is 0.539 e. The van der Waals surface area contributed by atoms with Crippen molar-refractivity contribution >= 4 is 97.1 Å². The van der Waals surface area contributed by atoms with Gasteiger partial charge in [0.1, 0.15) is 66.2 Å². The van der Waals surface area contributed by atoms with Crippen molar-refractivity contribution in [2.75, 3.05) is 19.7 Å². The average molecular weight is 1360 g/mol.